The van der Waals surface area contributed by atoms with E-state index < -0.39 is 0 Å². The molecule has 0 aliphatic carbocycles. The maximum absolute atomic E-state index is 6.07. The molecular formula is C11H10Cl2N2. The molecule has 0 N–H and O–H groups in total. The summed E-state index contributed by atoms with van der Waals surface area (Å²) in [5.41, 5.74) is 1.90. The molecule has 1 heterocycles. The molecule has 4 heteroatoms. The lowest BCUT2D eigenvalue weighted by molar-refractivity contribution is 0.842. The van der Waals surface area contributed by atoms with Gasteiger partial charge in [0.15, 0.2) is 0 Å². The maximum atomic E-state index is 6.07. The van der Waals surface area contributed by atoms with Crippen molar-refractivity contribution in [1.82, 2.24) is 9.78 Å². The van der Waals surface area contributed by atoms with Crippen molar-refractivity contribution in [1.29, 1.82) is 0 Å². The van der Waals surface area contributed by atoms with Crippen LogP contribution in [0.15, 0.2) is 30.3 Å². The van der Waals surface area contributed by atoms with Crippen LogP contribution in [0.25, 0.3) is 5.69 Å². The van der Waals surface area contributed by atoms with Gasteiger partial charge in [0.2, 0.25) is 0 Å². The predicted octanol–water partition coefficient (Wildman–Crippen LogP) is 3.74. The molecule has 0 fully saturated rings. The summed E-state index contributed by atoms with van der Waals surface area (Å²) in [6.07, 6.45) is 0.875. The number of rotatable bonds is 2. The molecule has 0 aliphatic rings. The van der Waals surface area contributed by atoms with Crippen LogP contribution in [0, 0.1) is 0 Å². The van der Waals surface area contributed by atoms with Crippen molar-refractivity contribution in [3.8, 4) is 5.69 Å². The SMILES string of the molecule is CCc1cc(Cl)n(-c2ccc(Cl)cc2)n1. The van der Waals surface area contributed by atoms with Crippen LogP contribution in [0.2, 0.25) is 10.2 Å². The number of hydrogen-bond acceptors (Lipinski definition) is 1. The summed E-state index contributed by atoms with van der Waals surface area (Å²) in [6, 6.07) is 9.29. The third kappa shape index (κ3) is 2.16. The number of halogens is 2. The molecule has 0 radical (unpaired) electrons. The Morgan fingerprint density at radius 1 is 1.20 bits per heavy atom. The van der Waals surface area contributed by atoms with E-state index in [2.05, 4.69) is 5.10 Å². The molecule has 0 aliphatic heterocycles. The smallest absolute Gasteiger partial charge is 0.133 e. The normalized spacial score (nSPS) is 10.6. The van der Waals surface area contributed by atoms with Gasteiger partial charge >= 0.3 is 0 Å². The molecule has 0 unspecified atom stereocenters. The molecule has 0 saturated carbocycles. The summed E-state index contributed by atoms with van der Waals surface area (Å²) in [4.78, 5) is 0. The van der Waals surface area contributed by atoms with Crippen LogP contribution in [-0.4, -0.2) is 9.78 Å². The van der Waals surface area contributed by atoms with E-state index in [4.69, 9.17) is 23.2 Å². The van der Waals surface area contributed by atoms with Gasteiger partial charge in [-0.25, -0.2) is 4.68 Å². The Kier molecular flexibility index (Phi) is 2.98. The van der Waals surface area contributed by atoms with Crippen LogP contribution in [0.4, 0.5) is 0 Å². The lowest BCUT2D eigenvalue weighted by Gasteiger charge is -2.02. The molecule has 0 atom stereocenters. The quantitative estimate of drug-likeness (QED) is 0.783. The number of hydrogen-bond donors (Lipinski definition) is 0. The zero-order valence-corrected chi connectivity index (χ0v) is 9.76. The largest absolute Gasteiger partial charge is 0.222 e. The van der Waals surface area contributed by atoms with Gasteiger partial charge in [0.25, 0.3) is 0 Å². The van der Waals surface area contributed by atoms with Gasteiger partial charge in [0.1, 0.15) is 5.15 Å². The molecule has 0 bridgehead atoms. The summed E-state index contributed by atoms with van der Waals surface area (Å²) in [5, 5.41) is 5.70. The van der Waals surface area contributed by atoms with Crippen LogP contribution in [0.1, 0.15) is 12.6 Å². The van der Waals surface area contributed by atoms with Crippen molar-refractivity contribution in [3.63, 3.8) is 0 Å². The minimum absolute atomic E-state index is 0.620. The molecule has 2 nitrogen and oxygen atoms in total. The average molecular weight is 241 g/mol. The second kappa shape index (κ2) is 4.25. The second-order valence-corrected chi connectivity index (χ2v) is 4.02. The molecule has 1 aromatic heterocycles. The van der Waals surface area contributed by atoms with Crippen molar-refractivity contribution >= 4 is 23.2 Å². The Hall–Kier alpha value is -0.990. The van der Waals surface area contributed by atoms with Crippen LogP contribution in [0.3, 0.4) is 0 Å². The third-order valence-corrected chi connectivity index (χ3v) is 2.67. The van der Waals surface area contributed by atoms with E-state index in [0.29, 0.717) is 10.2 Å². The van der Waals surface area contributed by atoms with Crippen LogP contribution in [-0.2, 0) is 6.42 Å². The van der Waals surface area contributed by atoms with E-state index in [-0.39, 0.29) is 0 Å². The topological polar surface area (TPSA) is 17.8 Å². The van der Waals surface area contributed by atoms with Gasteiger partial charge < -0.3 is 0 Å². The summed E-state index contributed by atoms with van der Waals surface area (Å²) in [6.45, 7) is 2.05. The first-order valence-corrected chi connectivity index (χ1v) is 5.46. The molecule has 0 spiro atoms. The van der Waals surface area contributed by atoms with E-state index in [1.54, 1.807) is 4.68 Å². The highest BCUT2D eigenvalue weighted by atomic mass is 35.5. The van der Waals surface area contributed by atoms with Crippen LogP contribution >= 0.6 is 23.2 Å². The first-order valence-electron chi connectivity index (χ1n) is 4.71. The standard InChI is InChI=1S/C11H10Cl2N2/c1-2-9-7-11(13)15(14-9)10-5-3-8(12)4-6-10/h3-7H,2H2,1H3. The fourth-order valence-electron chi connectivity index (χ4n) is 1.34. The Morgan fingerprint density at radius 3 is 2.40 bits per heavy atom. The average Bonchev–Trinajstić information content (AvgIpc) is 2.61. The van der Waals surface area contributed by atoms with E-state index in [0.717, 1.165) is 17.8 Å². The highest BCUT2D eigenvalue weighted by Gasteiger charge is 2.05. The summed E-state index contributed by atoms with van der Waals surface area (Å²) >= 11 is 11.9. The lowest BCUT2D eigenvalue weighted by Crippen LogP contribution is -1.96. The Labute approximate surface area is 98.4 Å². The molecule has 0 saturated heterocycles. The van der Waals surface area contributed by atoms with Crippen molar-refractivity contribution in [2.24, 2.45) is 0 Å². The predicted molar refractivity (Wildman–Crippen MR) is 63.0 cm³/mol. The van der Waals surface area contributed by atoms with Gasteiger partial charge in [-0.15, -0.1) is 0 Å². The fraction of sp³-hybridized carbons (Fsp3) is 0.182. The maximum Gasteiger partial charge on any atom is 0.133 e. The lowest BCUT2D eigenvalue weighted by atomic mass is 10.3. The van der Waals surface area contributed by atoms with Gasteiger partial charge in [-0.1, -0.05) is 30.1 Å². The molecular weight excluding hydrogens is 231 g/mol. The van der Waals surface area contributed by atoms with Gasteiger partial charge in [0, 0.05) is 5.02 Å². The molecule has 2 aromatic rings. The van der Waals surface area contributed by atoms with Crippen molar-refractivity contribution in [3.05, 3.63) is 46.2 Å². The summed E-state index contributed by atoms with van der Waals surface area (Å²) in [7, 11) is 0. The first kappa shape index (κ1) is 10.5. The highest BCUT2D eigenvalue weighted by Crippen LogP contribution is 2.19. The number of aromatic nitrogens is 2. The fourth-order valence-corrected chi connectivity index (χ4v) is 1.73. The molecule has 78 valence electrons. The third-order valence-electron chi connectivity index (χ3n) is 2.15. The van der Waals surface area contributed by atoms with E-state index in [1.165, 1.54) is 0 Å². The summed E-state index contributed by atoms with van der Waals surface area (Å²) < 4.78 is 1.71. The van der Waals surface area contributed by atoms with E-state index >= 15 is 0 Å². The molecule has 15 heavy (non-hydrogen) atoms. The van der Waals surface area contributed by atoms with Crippen molar-refractivity contribution < 1.29 is 0 Å². The number of aryl methyl sites for hydroxylation is 1. The zero-order valence-electron chi connectivity index (χ0n) is 8.24. The minimum Gasteiger partial charge on any atom is -0.222 e. The molecule has 0 amide bonds. The highest BCUT2D eigenvalue weighted by molar-refractivity contribution is 6.30. The molecule has 2 rings (SSSR count). The van der Waals surface area contributed by atoms with Gasteiger partial charge in [-0.05, 0) is 36.8 Å². The Morgan fingerprint density at radius 2 is 1.87 bits per heavy atom. The number of nitrogens with zero attached hydrogens (tertiary/aromatic N) is 2. The second-order valence-electron chi connectivity index (χ2n) is 3.20. The Balaban J connectivity index is 2.44. The van der Waals surface area contributed by atoms with Crippen molar-refractivity contribution in [2.75, 3.05) is 0 Å². The van der Waals surface area contributed by atoms with Crippen LogP contribution < -0.4 is 0 Å². The monoisotopic (exact) mass is 240 g/mol. The van der Waals surface area contributed by atoms with Gasteiger partial charge in [-0.3, -0.25) is 0 Å². The minimum atomic E-state index is 0.620. The zero-order chi connectivity index (χ0) is 10.8. The van der Waals surface area contributed by atoms with Crippen LogP contribution in [0.5, 0.6) is 0 Å². The van der Waals surface area contributed by atoms with E-state index in [1.807, 2.05) is 37.3 Å². The van der Waals surface area contributed by atoms with Gasteiger partial charge in [0.05, 0.1) is 11.4 Å². The number of benzene rings is 1. The Bertz CT molecular complexity index is 460. The molecule has 1 aromatic carbocycles. The van der Waals surface area contributed by atoms with E-state index in [9.17, 15) is 0 Å². The van der Waals surface area contributed by atoms with Crippen molar-refractivity contribution in [2.45, 2.75) is 13.3 Å². The summed E-state index contributed by atoms with van der Waals surface area (Å²) in [5.74, 6) is 0. The van der Waals surface area contributed by atoms with Gasteiger partial charge in [-0.2, -0.15) is 5.10 Å². The first-order chi connectivity index (χ1) is 7.20.